The third-order valence-corrected chi connectivity index (χ3v) is 5.53. The van der Waals surface area contributed by atoms with Crippen molar-refractivity contribution >= 4 is 22.7 Å². The Labute approximate surface area is 199 Å². The molecule has 0 spiro atoms. The van der Waals surface area contributed by atoms with Gasteiger partial charge in [-0.15, -0.1) is 5.10 Å². The molecule has 3 aromatic carbocycles. The highest BCUT2D eigenvalue weighted by atomic mass is 16.2. The number of carbonyl (C=O) groups is 2. The summed E-state index contributed by atoms with van der Waals surface area (Å²) in [5.41, 5.74) is 6.65. The summed E-state index contributed by atoms with van der Waals surface area (Å²) >= 11 is 0. The highest BCUT2D eigenvalue weighted by Gasteiger charge is 2.20. The molecule has 2 amide bonds. The number of nitrogens with zero attached hydrogens (tertiary/aromatic N) is 4. The van der Waals surface area contributed by atoms with Crippen LogP contribution in [0.1, 0.15) is 21.0 Å². The van der Waals surface area contributed by atoms with Crippen molar-refractivity contribution in [1.29, 1.82) is 0 Å². The Morgan fingerprint density at radius 3 is 2.17 bits per heavy atom. The van der Waals surface area contributed by atoms with Crippen LogP contribution in [0.3, 0.4) is 0 Å². The molecule has 0 aliphatic rings. The molecule has 0 unspecified atom stereocenters. The van der Waals surface area contributed by atoms with Gasteiger partial charge in [-0.1, -0.05) is 66.7 Å². The van der Waals surface area contributed by atoms with E-state index in [1.54, 1.807) is 36.0 Å². The maximum absolute atomic E-state index is 12.9. The van der Waals surface area contributed by atoms with Gasteiger partial charge in [-0.05, 0) is 18.2 Å². The van der Waals surface area contributed by atoms with E-state index in [0.29, 0.717) is 16.7 Å². The van der Waals surface area contributed by atoms with Crippen molar-refractivity contribution in [2.24, 2.45) is 7.05 Å². The Hall–Kier alpha value is -5.05. The van der Waals surface area contributed by atoms with Crippen LogP contribution in [-0.2, 0) is 7.05 Å². The van der Waals surface area contributed by atoms with Crippen LogP contribution >= 0.6 is 0 Å². The molecule has 0 saturated heterocycles. The highest BCUT2D eigenvalue weighted by molar-refractivity contribution is 6.07. The van der Waals surface area contributed by atoms with Crippen LogP contribution < -0.4 is 16.4 Å². The zero-order valence-corrected chi connectivity index (χ0v) is 18.7. The number of rotatable bonds is 4. The maximum atomic E-state index is 12.9. The fourth-order valence-electron chi connectivity index (χ4n) is 3.77. The minimum atomic E-state index is -0.696. The molecule has 9 heteroatoms. The number of benzene rings is 3. The van der Waals surface area contributed by atoms with Gasteiger partial charge in [-0.2, -0.15) is 0 Å². The molecule has 5 rings (SSSR count). The Balaban J connectivity index is 1.43. The number of hydrazine groups is 1. The number of fused-ring (bicyclic) bond motifs is 1. The average molecular weight is 464 g/mol. The Morgan fingerprint density at radius 2 is 1.43 bits per heavy atom. The molecule has 5 aromatic rings. The molecule has 2 heterocycles. The molecular weight excluding hydrogens is 444 g/mol. The maximum Gasteiger partial charge on any atom is 0.309 e. The first kappa shape index (κ1) is 21.8. The van der Waals surface area contributed by atoms with Gasteiger partial charge in [0.2, 0.25) is 5.82 Å². The van der Waals surface area contributed by atoms with Crippen LogP contribution in [0.15, 0.2) is 95.8 Å². The molecule has 0 aliphatic heterocycles. The van der Waals surface area contributed by atoms with Crippen molar-refractivity contribution < 1.29 is 9.59 Å². The Bertz CT molecular complexity index is 1550. The SMILES string of the molecule is Cn1c(=O)cc(C(=O)NNC(=O)c2nc(-c3ccccc3)n(-c3ccccc3)n2)c2ccccc21. The van der Waals surface area contributed by atoms with Gasteiger partial charge in [0.05, 0.1) is 16.8 Å². The number of nitrogens with one attached hydrogen (secondary N) is 2. The van der Waals surface area contributed by atoms with E-state index in [-0.39, 0.29) is 16.9 Å². The van der Waals surface area contributed by atoms with E-state index in [1.807, 2.05) is 60.7 Å². The van der Waals surface area contributed by atoms with E-state index in [1.165, 1.54) is 10.6 Å². The first-order chi connectivity index (χ1) is 17.0. The standard InChI is InChI=1S/C26H20N6O3/c1-31-21-15-9-8-14-19(21)20(16-22(31)33)25(34)28-29-26(35)23-27-24(17-10-4-2-5-11-17)32(30-23)18-12-6-3-7-13-18/h2-16H,1H3,(H,28,34)(H,29,35). The molecule has 9 nitrogen and oxygen atoms in total. The second-order valence-electron chi connectivity index (χ2n) is 7.75. The Morgan fingerprint density at radius 1 is 0.800 bits per heavy atom. The van der Waals surface area contributed by atoms with Crippen LogP contribution in [0.2, 0.25) is 0 Å². The number of hydrogen-bond donors (Lipinski definition) is 2. The van der Waals surface area contributed by atoms with Gasteiger partial charge >= 0.3 is 5.91 Å². The first-order valence-electron chi connectivity index (χ1n) is 10.8. The van der Waals surface area contributed by atoms with Crippen molar-refractivity contribution in [2.45, 2.75) is 0 Å². The zero-order chi connectivity index (χ0) is 24.4. The van der Waals surface area contributed by atoms with E-state index < -0.39 is 11.8 Å². The third-order valence-electron chi connectivity index (χ3n) is 5.53. The number of hydrogen-bond acceptors (Lipinski definition) is 5. The normalized spacial score (nSPS) is 10.8. The lowest BCUT2D eigenvalue weighted by Gasteiger charge is -2.10. The van der Waals surface area contributed by atoms with Gasteiger partial charge in [0.1, 0.15) is 0 Å². The summed E-state index contributed by atoms with van der Waals surface area (Å²) in [7, 11) is 1.63. The van der Waals surface area contributed by atoms with E-state index in [4.69, 9.17) is 0 Å². The van der Waals surface area contributed by atoms with E-state index in [0.717, 1.165) is 11.3 Å². The smallest absolute Gasteiger partial charge is 0.309 e. The summed E-state index contributed by atoms with van der Waals surface area (Å²) in [4.78, 5) is 42.4. The largest absolute Gasteiger partial charge is 0.311 e. The number of pyridine rings is 1. The first-order valence-corrected chi connectivity index (χ1v) is 10.8. The van der Waals surface area contributed by atoms with Gasteiger partial charge in [0.15, 0.2) is 5.82 Å². The summed E-state index contributed by atoms with van der Waals surface area (Å²) in [6.45, 7) is 0. The van der Waals surface area contributed by atoms with E-state index in [2.05, 4.69) is 20.9 Å². The third kappa shape index (κ3) is 4.18. The molecule has 0 aliphatic carbocycles. The summed E-state index contributed by atoms with van der Waals surface area (Å²) in [5.74, 6) is -0.968. The second kappa shape index (κ2) is 9.06. The average Bonchev–Trinajstić information content (AvgIpc) is 3.36. The monoisotopic (exact) mass is 464 g/mol. The van der Waals surface area contributed by atoms with Crippen molar-refractivity contribution in [3.63, 3.8) is 0 Å². The van der Waals surface area contributed by atoms with Gasteiger partial charge in [-0.25, -0.2) is 9.67 Å². The summed E-state index contributed by atoms with van der Waals surface area (Å²) in [6.07, 6.45) is 0. The molecule has 2 aromatic heterocycles. The van der Waals surface area contributed by atoms with Gasteiger partial charge in [-0.3, -0.25) is 25.2 Å². The lowest BCUT2D eigenvalue weighted by atomic mass is 10.1. The van der Waals surface area contributed by atoms with Crippen molar-refractivity contribution in [3.05, 3.63) is 113 Å². The molecule has 2 N–H and O–H groups in total. The number of aryl methyl sites for hydroxylation is 1. The lowest BCUT2D eigenvalue weighted by molar-refractivity contribution is 0.0841. The van der Waals surface area contributed by atoms with Crippen LogP contribution in [0.4, 0.5) is 0 Å². The molecule has 0 saturated carbocycles. The Kier molecular flexibility index (Phi) is 5.64. The molecule has 0 atom stereocenters. The van der Waals surface area contributed by atoms with Gasteiger partial charge in [0, 0.05) is 24.1 Å². The van der Waals surface area contributed by atoms with Crippen molar-refractivity contribution in [1.82, 2.24) is 30.2 Å². The molecular formula is C26H20N6O3. The minimum Gasteiger partial charge on any atom is -0.311 e. The molecule has 172 valence electrons. The van der Waals surface area contributed by atoms with Crippen LogP contribution in [0, 0.1) is 0 Å². The number of carbonyl (C=O) groups excluding carboxylic acids is 2. The number of aromatic nitrogens is 4. The molecule has 0 radical (unpaired) electrons. The van der Waals surface area contributed by atoms with Crippen LogP contribution in [0.5, 0.6) is 0 Å². The van der Waals surface area contributed by atoms with Crippen LogP contribution in [0.25, 0.3) is 28.0 Å². The predicted octanol–water partition coefficient (Wildman–Crippen LogP) is 2.86. The zero-order valence-electron chi connectivity index (χ0n) is 18.7. The lowest BCUT2D eigenvalue weighted by Crippen LogP contribution is -2.42. The molecule has 0 bridgehead atoms. The topological polar surface area (TPSA) is 111 Å². The quantitative estimate of drug-likeness (QED) is 0.398. The summed E-state index contributed by atoms with van der Waals surface area (Å²) in [6, 6.07) is 26.9. The molecule has 35 heavy (non-hydrogen) atoms. The minimum absolute atomic E-state index is 0.123. The number of amides is 2. The summed E-state index contributed by atoms with van der Waals surface area (Å²) in [5, 5.41) is 4.95. The predicted molar refractivity (Wildman–Crippen MR) is 131 cm³/mol. The fourth-order valence-corrected chi connectivity index (χ4v) is 3.77. The second-order valence-corrected chi connectivity index (χ2v) is 7.75. The van der Waals surface area contributed by atoms with Crippen molar-refractivity contribution in [2.75, 3.05) is 0 Å². The summed E-state index contributed by atoms with van der Waals surface area (Å²) < 4.78 is 3.02. The van der Waals surface area contributed by atoms with Gasteiger partial charge in [0.25, 0.3) is 11.5 Å². The van der Waals surface area contributed by atoms with Crippen LogP contribution in [-0.4, -0.2) is 31.1 Å². The number of para-hydroxylation sites is 2. The van der Waals surface area contributed by atoms with E-state index >= 15 is 0 Å². The highest BCUT2D eigenvalue weighted by Crippen LogP contribution is 2.21. The van der Waals surface area contributed by atoms with E-state index in [9.17, 15) is 14.4 Å². The fraction of sp³-hybridized carbons (Fsp3) is 0.0385. The van der Waals surface area contributed by atoms with Gasteiger partial charge < -0.3 is 4.57 Å². The van der Waals surface area contributed by atoms with Crippen molar-refractivity contribution in [3.8, 4) is 17.1 Å². The molecule has 0 fully saturated rings.